The number of aryl methyl sites for hydroxylation is 1. The van der Waals surface area contributed by atoms with Gasteiger partial charge in [-0.3, -0.25) is 14.2 Å². The minimum Gasteiger partial charge on any atom is -0.468 e. The van der Waals surface area contributed by atoms with E-state index in [2.05, 4.69) is 25.7 Å². The van der Waals surface area contributed by atoms with Gasteiger partial charge in [0.15, 0.2) is 0 Å². The van der Waals surface area contributed by atoms with E-state index in [1.165, 1.54) is 18.0 Å². The molecule has 1 heterocycles. The van der Waals surface area contributed by atoms with E-state index in [9.17, 15) is 9.59 Å². The summed E-state index contributed by atoms with van der Waals surface area (Å²) >= 11 is 3.09. The molecule has 0 amide bonds. The molecule has 0 aliphatic rings. The highest BCUT2D eigenvalue weighted by Crippen LogP contribution is 2.05. The fraction of sp³-hybridized carbons (Fsp3) is 0.375. The van der Waals surface area contributed by atoms with Gasteiger partial charge in [-0.2, -0.15) is 0 Å². The van der Waals surface area contributed by atoms with Crippen molar-refractivity contribution in [3.8, 4) is 0 Å². The molecule has 5 nitrogen and oxygen atoms in total. The molecular formula is C8H9BrN2O3. The highest BCUT2D eigenvalue weighted by molar-refractivity contribution is 9.10. The van der Waals surface area contributed by atoms with Crippen molar-refractivity contribution < 1.29 is 9.53 Å². The third-order valence-corrected chi connectivity index (χ3v) is 2.60. The van der Waals surface area contributed by atoms with E-state index in [4.69, 9.17) is 0 Å². The number of esters is 1. The average Bonchev–Trinajstić information content (AvgIpc) is 2.19. The van der Waals surface area contributed by atoms with Crippen LogP contribution in [0.1, 0.15) is 5.69 Å². The van der Waals surface area contributed by atoms with Gasteiger partial charge < -0.3 is 4.74 Å². The Labute approximate surface area is 88.8 Å². The summed E-state index contributed by atoms with van der Waals surface area (Å²) in [5, 5.41) is 0. The Morgan fingerprint density at radius 1 is 1.71 bits per heavy atom. The number of rotatable bonds is 2. The van der Waals surface area contributed by atoms with Crippen LogP contribution in [-0.4, -0.2) is 22.6 Å². The second-order valence-electron chi connectivity index (χ2n) is 2.65. The molecule has 0 saturated carbocycles. The van der Waals surface area contributed by atoms with Gasteiger partial charge in [0.05, 0.1) is 19.1 Å². The number of hydrogen-bond donors (Lipinski definition) is 0. The molecule has 1 rings (SSSR count). The molecule has 0 fully saturated rings. The minimum atomic E-state index is -0.482. The first-order chi connectivity index (χ1) is 6.56. The van der Waals surface area contributed by atoms with Crippen LogP contribution in [0.2, 0.25) is 0 Å². The molecule has 0 aliphatic carbocycles. The molecule has 0 spiro atoms. The fourth-order valence-corrected chi connectivity index (χ4v) is 1.19. The summed E-state index contributed by atoms with van der Waals surface area (Å²) in [7, 11) is 1.27. The van der Waals surface area contributed by atoms with Crippen LogP contribution in [0.5, 0.6) is 0 Å². The largest absolute Gasteiger partial charge is 0.468 e. The summed E-state index contributed by atoms with van der Waals surface area (Å²) in [6.07, 6.45) is 1.32. The van der Waals surface area contributed by atoms with Crippen LogP contribution in [-0.2, 0) is 16.1 Å². The van der Waals surface area contributed by atoms with Gasteiger partial charge >= 0.3 is 5.97 Å². The minimum absolute atomic E-state index is 0.124. The van der Waals surface area contributed by atoms with Crippen molar-refractivity contribution in [2.24, 2.45) is 0 Å². The molecule has 1 aromatic heterocycles. The van der Waals surface area contributed by atoms with Crippen molar-refractivity contribution in [1.82, 2.24) is 9.55 Å². The number of halogens is 1. The third kappa shape index (κ3) is 2.20. The van der Waals surface area contributed by atoms with Crippen molar-refractivity contribution >= 4 is 21.9 Å². The summed E-state index contributed by atoms with van der Waals surface area (Å²) in [4.78, 5) is 26.3. The van der Waals surface area contributed by atoms with E-state index in [0.717, 1.165) is 0 Å². The number of carbonyl (C=O) groups excluding carboxylic acids is 1. The number of methoxy groups -OCH3 is 1. The van der Waals surface area contributed by atoms with E-state index in [1.54, 1.807) is 6.92 Å². The summed E-state index contributed by atoms with van der Waals surface area (Å²) in [6, 6.07) is 0. The predicted octanol–water partition coefficient (Wildman–Crippen LogP) is 0.487. The lowest BCUT2D eigenvalue weighted by Gasteiger charge is -2.04. The second kappa shape index (κ2) is 4.36. The second-order valence-corrected chi connectivity index (χ2v) is 3.45. The topological polar surface area (TPSA) is 61.2 Å². The van der Waals surface area contributed by atoms with Crippen molar-refractivity contribution in [2.75, 3.05) is 7.11 Å². The molecule has 0 saturated heterocycles. The lowest BCUT2D eigenvalue weighted by Crippen LogP contribution is -2.26. The van der Waals surface area contributed by atoms with Crippen molar-refractivity contribution in [3.05, 3.63) is 26.8 Å². The Balaban J connectivity index is 3.06. The van der Waals surface area contributed by atoms with E-state index in [0.29, 0.717) is 10.2 Å². The van der Waals surface area contributed by atoms with Gasteiger partial charge in [0, 0.05) is 0 Å². The van der Waals surface area contributed by atoms with Gasteiger partial charge in [-0.15, -0.1) is 0 Å². The van der Waals surface area contributed by atoms with Gasteiger partial charge in [-0.1, -0.05) is 0 Å². The fourth-order valence-electron chi connectivity index (χ4n) is 0.863. The van der Waals surface area contributed by atoms with Gasteiger partial charge in [-0.25, -0.2) is 4.98 Å². The molecule has 0 radical (unpaired) electrons. The van der Waals surface area contributed by atoms with Gasteiger partial charge in [0.1, 0.15) is 11.0 Å². The normalized spacial score (nSPS) is 9.93. The molecule has 1 aromatic rings. The molecular weight excluding hydrogens is 252 g/mol. The van der Waals surface area contributed by atoms with Crippen LogP contribution in [0.3, 0.4) is 0 Å². The molecule has 0 atom stereocenters. The highest BCUT2D eigenvalue weighted by atomic mass is 79.9. The Bertz CT molecular complexity index is 414. The van der Waals surface area contributed by atoms with Crippen LogP contribution in [0, 0.1) is 6.92 Å². The number of hydrogen-bond acceptors (Lipinski definition) is 4. The molecule has 0 bridgehead atoms. The standard InChI is InChI=1S/C8H9BrN2O3/c1-5-7(9)8(13)11(4-10-5)3-6(12)14-2/h4H,3H2,1-2H3. The summed E-state index contributed by atoms with van der Waals surface area (Å²) in [5.74, 6) is -0.482. The number of nitrogens with zero attached hydrogens (tertiary/aromatic N) is 2. The quantitative estimate of drug-likeness (QED) is 0.727. The molecule has 14 heavy (non-hydrogen) atoms. The Morgan fingerprint density at radius 3 is 2.93 bits per heavy atom. The van der Waals surface area contributed by atoms with Crippen LogP contribution in [0.25, 0.3) is 0 Å². The van der Waals surface area contributed by atoms with Crippen LogP contribution in [0.4, 0.5) is 0 Å². The van der Waals surface area contributed by atoms with E-state index in [1.807, 2.05) is 0 Å². The van der Waals surface area contributed by atoms with Crippen molar-refractivity contribution in [2.45, 2.75) is 13.5 Å². The Morgan fingerprint density at radius 2 is 2.36 bits per heavy atom. The predicted molar refractivity (Wildman–Crippen MR) is 53.0 cm³/mol. The maximum Gasteiger partial charge on any atom is 0.325 e. The molecule has 0 aliphatic heterocycles. The van der Waals surface area contributed by atoms with Gasteiger partial charge in [0.2, 0.25) is 0 Å². The van der Waals surface area contributed by atoms with E-state index >= 15 is 0 Å². The van der Waals surface area contributed by atoms with Crippen LogP contribution < -0.4 is 5.56 Å². The molecule has 0 N–H and O–H groups in total. The SMILES string of the molecule is COC(=O)Cn1cnc(C)c(Br)c1=O. The van der Waals surface area contributed by atoms with Crippen molar-refractivity contribution in [1.29, 1.82) is 0 Å². The number of aromatic nitrogens is 2. The van der Waals surface area contributed by atoms with Crippen LogP contribution in [0.15, 0.2) is 15.6 Å². The zero-order valence-electron chi connectivity index (χ0n) is 7.78. The number of carbonyl (C=O) groups is 1. The zero-order chi connectivity index (χ0) is 10.7. The van der Waals surface area contributed by atoms with Crippen LogP contribution >= 0.6 is 15.9 Å². The first-order valence-corrected chi connectivity index (χ1v) is 4.64. The monoisotopic (exact) mass is 260 g/mol. The zero-order valence-corrected chi connectivity index (χ0v) is 9.37. The van der Waals surface area contributed by atoms with E-state index in [-0.39, 0.29) is 12.1 Å². The molecule has 0 unspecified atom stereocenters. The van der Waals surface area contributed by atoms with Gasteiger partial charge in [0.25, 0.3) is 5.56 Å². The Hall–Kier alpha value is -1.17. The van der Waals surface area contributed by atoms with E-state index < -0.39 is 5.97 Å². The number of ether oxygens (including phenoxy) is 1. The lowest BCUT2D eigenvalue weighted by molar-refractivity contribution is -0.141. The molecule has 76 valence electrons. The summed E-state index contributed by atoms with van der Waals surface area (Å²) in [6.45, 7) is 1.58. The first kappa shape index (κ1) is 10.9. The average molecular weight is 261 g/mol. The Kier molecular flexibility index (Phi) is 3.40. The third-order valence-electron chi connectivity index (χ3n) is 1.68. The highest BCUT2D eigenvalue weighted by Gasteiger charge is 2.08. The summed E-state index contributed by atoms with van der Waals surface area (Å²) < 4.78 is 5.99. The van der Waals surface area contributed by atoms with Crippen molar-refractivity contribution in [3.63, 3.8) is 0 Å². The maximum absolute atomic E-state index is 11.5. The molecule has 6 heteroatoms. The smallest absolute Gasteiger partial charge is 0.325 e. The van der Waals surface area contributed by atoms with Gasteiger partial charge in [-0.05, 0) is 22.9 Å². The first-order valence-electron chi connectivity index (χ1n) is 3.84. The lowest BCUT2D eigenvalue weighted by atomic mass is 10.4. The summed E-state index contributed by atoms with van der Waals surface area (Å²) in [5.41, 5.74) is 0.305. The maximum atomic E-state index is 11.5. The molecule has 0 aromatic carbocycles.